The summed E-state index contributed by atoms with van der Waals surface area (Å²) in [5, 5.41) is 9.62. The lowest BCUT2D eigenvalue weighted by Crippen LogP contribution is -1.99. The van der Waals surface area contributed by atoms with Crippen molar-refractivity contribution in [3.63, 3.8) is 0 Å². The van der Waals surface area contributed by atoms with Crippen LogP contribution in [0, 0.1) is 0 Å². The third kappa shape index (κ3) is 4.38. The normalized spacial score (nSPS) is 11.2. The molecule has 0 aromatic heterocycles. The molecule has 0 bridgehead atoms. The highest BCUT2D eigenvalue weighted by atomic mass is 14.3. The fourth-order valence-electron chi connectivity index (χ4n) is 7.71. The second-order valence-corrected chi connectivity index (χ2v) is 12.1. The molecule has 8 rings (SSSR count). The molecule has 8 aromatic rings. The van der Waals surface area contributed by atoms with Crippen molar-refractivity contribution in [3.05, 3.63) is 182 Å². The van der Waals surface area contributed by atoms with Gasteiger partial charge in [0.05, 0.1) is 0 Å². The molecule has 0 aliphatic rings. The molecule has 0 atom stereocenters. The van der Waals surface area contributed by atoms with Crippen molar-refractivity contribution < 1.29 is 0 Å². The van der Waals surface area contributed by atoms with Gasteiger partial charge < -0.3 is 0 Å². The fraction of sp³-hybridized carbons (Fsp3) is 0. The summed E-state index contributed by atoms with van der Waals surface area (Å²) >= 11 is 0. The van der Waals surface area contributed by atoms with Crippen LogP contribution in [0.25, 0.3) is 101 Å². The van der Waals surface area contributed by atoms with Crippen LogP contribution < -0.4 is 0 Å². The van der Waals surface area contributed by atoms with Gasteiger partial charge in [-0.25, -0.2) is 0 Å². The van der Waals surface area contributed by atoms with Crippen LogP contribution in [0.3, 0.4) is 0 Å². The van der Waals surface area contributed by atoms with Crippen LogP contribution in [-0.4, -0.2) is 0 Å². The maximum Gasteiger partial charge on any atom is -0.00201 e. The van der Waals surface area contributed by atoms with E-state index in [1.807, 2.05) is 24.3 Å². The van der Waals surface area contributed by atoms with E-state index in [4.69, 9.17) is 0 Å². The maximum absolute atomic E-state index is 4.38. The first kappa shape index (κ1) is 29.2. The third-order valence-corrected chi connectivity index (χ3v) is 9.77. The van der Waals surface area contributed by atoms with Crippen LogP contribution in [0.4, 0.5) is 0 Å². The smallest absolute Gasteiger partial charge is 0.00201 e. The van der Waals surface area contributed by atoms with E-state index in [0.29, 0.717) is 0 Å². The standard InChI is InChI=1S/C48H34/c1-5-34-35(6-2)47-41-23-15-14-21-39(41)38-20-12-13-22-40(38)45(47)30-44(34)48-37(8-4)36(7-3)46(42-24-16-17-25-43(42)48)33-28-26-32(27-29-33)31-18-10-9-11-19-31/h5-30H,1-4H2. The van der Waals surface area contributed by atoms with E-state index in [1.54, 1.807) is 0 Å². The minimum atomic E-state index is 1.05. The van der Waals surface area contributed by atoms with Crippen molar-refractivity contribution >= 4 is 67.4 Å². The second kappa shape index (κ2) is 11.8. The minimum absolute atomic E-state index is 1.05. The highest BCUT2D eigenvalue weighted by molar-refractivity contribution is 6.28. The van der Waals surface area contributed by atoms with Crippen molar-refractivity contribution in [2.45, 2.75) is 0 Å². The Morgan fingerprint density at radius 2 is 0.729 bits per heavy atom. The third-order valence-electron chi connectivity index (χ3n) is 9.77. The molecule has 0 radical (unpaired) electrons. The average molecular weight is 611 g/mol. The van der Waals surface area contributed by atoms with Gasteiger partial charge in [-0.3, -0.25) is 0 Å². The van der Waals surface area contributed by atoms with Gasteiger partial charge in [-0.2, -0.15) is 0 Å². The fourth-order valence-corrected chi connectivity index (χ4v) is 7.71. The van der Waals surface area contributed by atoms with E-state index in [-0.39, 0.29) is 0 Å². The Labute approximate surface area is 281 Å². The summed E-state index contributed by atoms with van der Waals surface area (Å²) in [4.78, 5) is 0. The zero-order valence-electron chi connectivity index (χ0n) is 26.8. The molecular formula is C48H34. The van der Waals surface area contributed by atoms with E-state index >= 15 is 0 Å². The Morgan fingerprint density at radius 1 is 0.312 bits per heavy atom. The summed E-state index contributed by atoms with van der Waals surface area (Å²) in [6.07, 6.45) is 7.96. The molecule has 0 N–H and O–H groups in total. The maximum atomic E-state index is 4.38. The highest BCUT2D eigenvalue weighted by Crippen LogP contribution is 2.48. The summed E-state index contributed by atoms with van der Waals surface area (Å²) in [5.41, 5.74) is 11.2. The molecule has 0 saturated carbocycles. The number of fused-ring (bicyclic) bond motifs is 7. The molecular weight excluding hydrogens is 577 g/mol. The van der Waals surface area contributed by atoms with E-state index in [1.165, 1.54) is 48.8 Å². The van der Waals surface area contributed by atoms with Crippen LogP contribution in [0.1, 0.15) is 22.3 Å². The van der Waals surface area contributed by atoms with Crippen LogP contribution in [0.15, 0.2) is 160 Å². The van der Waals surface area contributed by atoms with Gasteiger partial charge in [0.25, 0.3) is 0 Å². The average Bonchev–Trinajstić information content (AvgIpc) is 3.16. The molecule has 0 fully saturated rings. The van der Waals surface area contributed by atoms with Crippen LogP contribution in [0.2, 0.25) is 0 Å². The Balaban J connectivity index is 1.50. The van der Waals surface area contributed by atoms with Gasteiger partial charge in [0, 0.05) is 0 Å². The van der Waals surface area contributed by atoms with E-state index in [0.717, 1.165) is 49.9 Å². The predicted molar refractivity (Wildman–Crippen MR) is 213 cm³/mol. The monoisotopic (exact) mass is 610 g/mol. The summed E-state index contributed by atoms with van der Waals surface area (Å²) in [6.45, 7) is 17.4. The quantitative estimate of drug-likeness (QED) is 0.158. The lowest BCUT2D eigenvalue weighted by Gasteiger charge is -2.23. The zero-order chi connectivity index (χ0) is 32.8. The summed E-state index contributed by atoms with van der Waals surface area (Å²) in [6, 6.07) is 47.8. The summed E-state index contributed by atoms with van der Waals surface area (Å²) < 4.78 is 0. The molecule has 0 aliphatic heterocycles. The summed E-state index contributed by atoms with van der Waals surface area (Å²) in [7, 11) is 0. The van der Waals surface area contributed by atoms with Gasteiger partial charge in [0.1, 0.15) is 0 Å². The van der Waals surface area contributed by atoms with Crippen molar-refractivity contribution in [3.8, 4) is 33.4 Å². The van der Waals surface area contributed by atoms with Gasteiger partial charge in [-0.15, -0.1) is 0 Å². The SMILES string of the molecule is C=Cc1c(C=C)c(-c2cc3c4ccccc4c4ccccc4c3c(C=C)c2C=C)c2ccccc2c1-c1ccc(-c2ccccc2)cc1. The first-order valence-corrected chi connectivity index (χ1v) is 16.3. The predicted octanol–water partition coefficient (Wildman–Crippen LogP) is 13.9. The molecule has 0 heterocycles. The lowest BCUT2D eigenvalue weighted by atomic mass is 9.79. The van der Waals surface area contributed by atoms with Gasteiger partial charge in [-0.05, 0) is 105 Å². The van der Waals surface area contributed by atoms with Crippen LogP contribution in [-0.2, 0) is 0 Å². The largest absolute Gasteiger partial charge is 0.0984 e. The minimum Gasteiger partial charge on any atom is -0.0984 e. The first-order valence-electron chi connectivity index (χ1n) is 16.3. The topological polar surface area (TPSA) is 0 Å². The molecule has 226 valence electrons. The molecule has 0 saturated heterocycles. The Hall–Kier alpha value is -6.24. The molecule has 8 aromatic carbocycles. The number of benzene rings is 8. The van der Waals surface area contributed by atoms with Crippen LogP contribution >= 0.6 is 0 Å². The van der Waals surface area contributed by atoms with Crippen molar-refractivity contribution in [1.82, 2.24) is 0 Å². The molecule has 0 heteroatoms. The van der Waals surface area contributed by atoms with E-state index in [2.05, 4.69) is 160 Å². The van der Waals surface area contributed by atoms with Crippen molar-refractivity contribution in [2.24, 2.45) is 0 Å². The number of hydrogen-bond donors (Lipinski definition) is 0. The van der Waals surface area contributed by atoms with Crippen LogP contribution in [0.5, 0.6) is 0 Å². The van der Waals surface area contributed by atoms with Gasteiger partial charge in [-0.1, -0.05) is 178 Å². The summed E-state index contributed by atoms with van der Waals surface area (Å²) in [5.74, 6) is 0. The number of hydrogen-bond acceptors (Lipinski definition) is 0. The second-order valence-electron chi connectivity index (χ2n) is 12.1. The Kier molecular flexibility index (Phi) is 7.20. The van der Waals surface area contributed by atoms with Gasteiger partial charge in [0.15, 0.2) is 0 Å². The van der Waals surface area contributed by atoms with E-state index in [9.17, 15) is 0 Å². The van der Waals surface area contributed by atoms with Gasteiger partial charge in [0.2, 0.25) is 0 Å². The molecule has 0 spiro atoms. The molecule has 0 nitrogen and oxygen atoms in total. The molecule has 0 aliphatic carbocycles. The Bertz CT molecular complexity index is 2600. The van der Waals surface area contributed by atoms with E-state index < -0.39 is 0 Å². The molecule has 0 amide bonds. The Morgan fingerprint density at radius 3 is 1.31 bits per heavy atom. The number of rotatable bonds is 7. The first-order chi connectivity index (χ1) is 23.7. The van der Waals surface area contributed by atoms with Gasteiger partial charge >= 0.3 is 0 Å². The molecule has 48 heavy (non-hydrogen) atoms. The zero-order valence-corrected chi connectivity index (χ0v) is 26.8. The lowest BCUT2D eigenvalue weighted by molar-refractivity contribution is 1.57. The van der Waals surface area contributed by atoms with Crippen molar-refractivity contribution in [2.75, 3.05) is 0 Å². The molecule has 0 unspecified atom stereocenters. The highest BCUT2D eigenvalue weighted by Gasteiger charge is 2.23. The van der Waals surface area contributed by atoms with Crippen molar-refractivity contribution in [1.29, 1.82) is 0 Å².